The molecular formula is C14H16N2O3S. The van der Waals surface area contributed by atoms with Crippen LogP contribution in [0.5, 0.6) is 5.75 Å². The van der Waals surface area contributed by atoms with Crippen molar-refractivity contribution in [3.05, 3.63) is 40.3 Å². The molecule has 6 heteroatoms. The van der Waals surface area contributed by atoms with Crippen LogP contribution in [0.3, 0.4) is 0 Å². The summed E-state index contributed by atoms with van der Waals surface area (Å²) in [5.74, 6) is 0.372. The van der Waals surface area contributed by atoms with E-state index in [9.17, 15) is 4.79 Å². The van der Waals surface area contributed by atoms with Gasteiger partial charge in [0.05, 0.1) is 12.3 Å². The molecule has 0 fully saturated rings. The van der Waals surface area contributed by atoms with Gasteiger partial charge in [-0.1, -0.05) is 0 Å². The molecule has 0 unspecified atom stereocenters. The van der Waals surface area contributed by atoms with Gasteiger partial charge in [-0.3, -0.25) is 0 Å². The van der Waals surface area contributed by atoms with E-state index in [4.69, 9.17) is 9.47 Å². The average molecular weight is 292 g/mol. The summed E-state index contributed by atoms with van der Waals surface area (Å²) in [6.45, 7) is 2.45. The number of rotatable bonds is 6. The fourth-order valence-corrected chi connectivity index (χ4v) is 2.23. The van der Waals surface area contributed by atoms with Crippen molar-refractivity contribution in [2.75, 3.05) is 19.0 Å². The lowest BCUT2D eigenvalue weighted by molar-refractivity contribution is 0.0525. The highest BCUT2D eigenvalue weighted by Gasteiger charge is 2.12. The van der Waals surface area contributed by atoms with Crippen LogP contribution >= 0.6 is 11.3 Å². The number of carbonyl (C=O) groups is 1. The molecule has 0 spiro atoms. The largest absolute Gasteiger partial charge is 0.487 e. The number of aromatic nitrogens is 1. The zero-order valence-electron chi connectivity index (χ0n) is 11.4. The quantitative estimate of drug-likeness (QED) is 0.829. The Kier molecular flexibility index (Phi) is 4.95. The molecule has 0 amide bonds. The van der Waals surface area contributed by atoms with Crippen molar-refractivity contribution in [3.63, 3.8) is 0 Å². The Morgan fingerprint density at radius 1 is 1.35 bits per heavy atom. The van der Waals surface area contributed by atoms with Crippen molar-refractivity contribution < 1.29 is 14.3 Å². The number of anilines is 1. The molecule has 1 N–H and O–H groups in total. The zero-order valence-corrected chi connectivity index (χ0v) is 12.2. The van der Waals surface area contributed by atoms with Crippen molar-refractivity contribution in [2.24, 2.45) is 0 Å². The molecular weight excluding hydrogens is 276 g/mol. The van der Waals surface area contributed by atoms with Crippen LogP contribution in [0, 0.1) is 0 Å². The first-order valence-electron chi connectivity index (χ1n) is 6.25. The smallest absolute Gasteiger partial charge is 0.367 e. The van der Waals surface area contributed by atoms with E-state index in [0.29, 0.717) is 18.2 Å². The third-order valence-electron chi connectivity index (χ3n) is 2.53. The van der Waals surface area contributed by atoms with Crippen LogP contribution in [-0.4, -0.2) is 24.6 Å². The highest BCUT2D eigenvalue weighted by atomic mass is 32.1. The minimum Gasteiger partial charge on any atom is -0.487 e. The molecule has 5 nitrogen and oxygen atoms in total. The van der Waals surface area contributed by atoms with Crippen molar-refractivity contribution >= 4 is 23.0 Å². The van der Waals surface area contributed by atoms with E-state index in [-0.39, 0.29) is 5.97 Å². The SMILES string of the molecule is CCOC(=O)c1nc(COc2ccc(NC)cc2)cs1. The van der Waals surface area contributed by atoms with Gasteiger partial charge in [0, 0.05) is 18.1 Å². The number of nitrogens with zero attached hydrogens (tertiary/aromatic N) is 1. The molecule has 0 saturated heterocycles. The van der Waals surface area contributed by atoms with Crippen LogP contribution in [0.25, 0.3) is 0 Å². The first kappa shape index (κ1) is 14.3. The maximum atomic E-state index is 11.5. The van der Waals surface area contributed by atoms with Crippen LogP contribution in [-0.2, 0) is 11.3 Å². The molecule has 0 aliphatic rings. The number of ether oxygens (including phenoxy) is 2. The van der Waals surface area contributed by atoms with E-state index in [1.807, 2.05) is 31.3 Å². The van der Waals surface area contributed by atoms with E-state index in [1.165, 1.54) is 11.3 Å². The molecule has 106 valence electrons. The number of carbonyl (C=O) groups excluding carboxylic acids is 1. The molecule has 20 heavy (non-hydrogen) atoms. The van der Waals surface area contributed by atoms with Gasteiger partial charge < -0.3 is 14.8 Å². The van der Waals surface area contributed by atoms with E-state index >= 15 is 0 Å². The molecule has 0 aliphatic heterocycles. The Labute approximate surface area is 121 Å². The van der Waals surface area contributed by atoms with Gasteiger partial charge in [-0.15, -0.1) is 11.3 Å². The summed E-state index contributed by atoms with van der Waals surface area (Å²) in [5.41, 5.74) is 1.74. The Balaban J connectivity index is 1.91. The third kappa shape index (κ3) is 3.71. The predicted octanol–water partition coefficient (Wildman–Crippen LogP) is 2.94. The highest BCUT2D eigenvalue weighted by molar-refractivity contribution is 7.11. The molecule has 2 aromatic rings. The monoisotopic (exact) mass is 292 g/mol. The van der Waals surface area contributed by atoms with Crippen LogP contribution in [0.2, 0.25) is 0 Å². The molecule has 1 aromatic heterocycles. The maximum Gasteiger partial charge on any atom is 0.367 e. The van der Waals surface area contributed by atoms with Gasteiger partial charge in [-0.25, -0.2) is 9.78 Å². The summed E-state index contributed by atoms with van der Waals surface area (Å²) in [5, 5.41) is 5.20. The Hall–Kier alpha value is -2.08. The van der Waals surface area contributed by atoms with Gasteiger partial charge in [-0.05, 0) is 31.2 Å². The van der Waals surface area contributed by atoms with Crippen molar-refractivity contribution in [1.29, 1.82) is 0 Å². The van der Waals surface area contributed by atoms with Gasteiger partial charge in [0.15, 0.2) is 0 Å². The Morgan fingerprint density at radius 3 is 2.75 bits per heavy atom. The van der Waals surface area contributed by atoms with Gasteiger partial charge in [0.2, 0.25) is 5.01 Å². The third-order valence-corrected chi connectivity index (χ3v) is 3.40. The summed E-state index contributed by atoms with van der Waals surface area (Å²) < 4.78 is 10.5. The van der Waals surface area contributed by atoms with E-state index in [0.717, 1.165) is 17.1 Å². The van der Waals surface area contributed by atoms with E-state index in [1.54, 1.807) is 12.3 Å². The summed E-state index contributed by atoms with van der Waals surface area (Å²) >= 11 is 1.26. The lowest BCUT2D eigenvalue weighted by Crippen LogP contribution is -2.04. The fourth-order valence-electron chi connectivity index (χ4n) is 1.53. The lowest BCUT2D eigenvalue weighted by atomic mass is 10.3. The first-order chi connectivity index (χ1) is 9.72. The number of hydrogen-bond donors (Lipinski definition) is 1. The number of benzene rings is 1. The average Bonchev–Trinajstić information content (AvgIpc) is 2.95. The van der Waals surface area contributed by atoms with Crippen molar-refractivity contribution in [2.45, 2.75) is 13.5 Å². The summed E-state index contributed by atoms with van der Waals surface area (Å²) in [4.78, 5) is 15.7. The predicted molar refractivity (Wildman–Crippen MR) is 78.4 cm³/mol. The summed E-state index contributed by atoms with van der Waals surface area (Å²) in [6.07, 6.45) is 0. The minimum absolute atomic E-state index is 0.328. The van der Waals surface area contributed by atoms with Crippen molar-refractivity contribution in [1.82, 2.24) is 4.98 Å². The minimum atomic E-state index is -0.387. The molecule has 1 aromatic carbocycles. The second kappa shape index (κ2) is 6.91. The molecule has 0 atom stereocenters. The van der Waals surface area contributed by atoms with E-state index in [2.05, 4.69) is 10.3 Å². The second-order valence-electron chi connectivity index (χ2n) is 3.93. The Morgan fingerprint density at radius 2 is 2.10 bits per heavy atom. The van der Waals surface area contributed by atoms with Crippen LogP contribution in [0.15, 0.2) is 29.6 Å². The zero-order chi connectivity index (χ0) is 14.4. The standard InChI is InChI=1S/C14H16N2O3S/c1-3-18-14(17)13-16-11(9-20-13)8-19-12-6-4-10(15-2)5-7-12/h4-7,9,15H,3,8H2,1-2H3. The molecule has 2 rings (SSSR count). The van der Waals surface area contributed by atoms with Crippen LogP contribution in [0.1, 0.15) is 22.4 Å². The topological polar surface area (TPSA) is 60.5 Å². The van der Waals surface area contributed by atoms with Crippen molar-refractivity contribution in [3.8, 4) is 5.75 Å². The van der Waals surface area contributed by atoms with Gasteiger partial charge in [0.25, 0.3) is 0 Å². The lowest BCUT2D eigenvalue weighted by Gasteiger charge is -2.05. The molecule has 0 radical (unpaired) electrons. The molecule has 0 saturated carbocycles. The molecule has 0 aliphatic carbocycles. The summed E-state index contributed by atoms with van der Waals surface area (Å²) in [6, 6.07) is 7.62. The van der Waals surface area contributed by atoms with Gasteiger partial charge in [-0.2, -0.15) is 0 Å². The van der Waals surface area contributed by atoms with Crippen LogP contribution in [0.4, 0.5) is 5.69 Å². The first-order valence-corrected chi connectivity index (χ1v) is 7.13. The fraction of sp³-hybridized carbons (Fsp3) is 0.286. The summed E-state index contributed by atoms with van der Waals surface area (Å²) in [7, 11) is 1.86. The number of hydrogen-bond acceptors (Lipinski definition) is 6. The Bertz CT molecular complexity index is 566. The van der Waals surface area contributed by atoms with Gasteiger partial charge in [0.1, 0.15) is 12.4 Å². The second-order valence-corrected chi connectivity index (χ2v) is 4.79. The number of esters is 1. The maximum absolute atomic E-state index is 11.5. The van der Waals surface area contributed by atoms with Gasteiger partial charge >= 0.3 is 5.97 Å². The van der Waals surface area contributed by atoms with E-state index < -0.39 is 0 Å². The number of nitrogens with one attached hydrogen (secondary N) is 1. The molecule has 1 heterocycles. The van der Waals surface area contributed by atoms with Crippen LogP contribution < -0.4 is 10.1 Å². The molecule has 0 bridgehead atoms. The normalized spacial score (nSPS) is 10.1. The highest BCUT2D eigenvalue weighted by Crippen LogP contribution is 2.17. The number of thiazole rings is 1.